The molecule has 630 valence electrons. The molecular weight excluding hydrogens is 1430 g/mol. The van der Waals surface area contributed by atoms with E-state index in [9.17, 15) is 43.2 Å². The van der Waals surface area contributed by atoms with Crippen molar-refractivity contribution in [3.63, 3.8) is 0 Å². The lowest BCUT2D eigenvalue weighted by Crippen LogP contribution is -2.30. The number of aliphatic hydroxyl groups excluding tert-OH is 1. The Balaban J connectivity index is 5.45. The summed E-state index contributed by atoms with van der Waals surface area (Å²) in [6, 6.07) is 0. The van der Waals surface area contributed by atoms with Gasteiger partial charge in [-0.2, -0.15) is 0 Å². The minimum absolute atomic E-state index is 0.0296. The standard InChI is InChI=1S/C91H154O17P2/c1-5-9-13-17-21-25-29-33-36-39-42-45-48-52-55-59-63-67-71-75-88(93)101-81-86(107-90(95)77-73-69-65-61-57-51-32-28-24-20-16-12-8-4)83-105-109(97,98)103-79-85(92)80-104-110(99,100)106-84-87(108-91(96)78-74-70-66-62-58-54-50-47-44-41-38-35-31-27-23-19-15-11-7-3)82-102-89(94)76-72-68-64-60-56-53-49-46-43-40-37-34-30-26-22-18-14-10-6-2/h10,14,21-23,25-27,33-38,42-47,53,56,64,68,85-87,92H,5-9,11-13,15-20,24,28-32,39-41,48-52,54-55,57-63,65-67,69-84H2,1-4H3,(H,97,98)(H,99,100)/b14-10-,25-21-,26-22-,27-23-,36-33-,37-34-,38-35-,45-42-,46-43-,47-44-,56-53-,68-64-. The van der Waals surface area contributed by atoms with Gasteiger partial charge in [-0.15, -0.1) is 0 Å². The molecule has 0 spiro atoms. The first-order valence-corrected chi connectivity index (χ1v) is 46.1. The van der Waals surface area contributed by atoms with Crippen LogP contribution in [0.25, 0.3) is 0 Å². The van der Waals surface area contributed by atoms with Gasteiger partial charge in [-0.05, 0) is 141 Å². The van der Waals surface area contributed by atoms with Crippen LogP contribution in [0.1, 0.15) is 349 Å². The van der Waals surface area contributed by atoms with E-state index in [1.54, 1.807) is 0 Å². The van der Waals surface area contributed by atoms with Crippen molar-refractivity contribution in [2.24, 2.45) is 0 Å². The van der Waals surface area contributed by atoms with Crippen LogP contribution in [0.3, 0.4) is 0 Å². The Labute approximate surface area is 668 Å². The van der Waals surface area contributed by atoms with E-state index in [4.69, 9.17) is 37.0 Å². The van der Waals surface area contributed by atoms with Gasteiger partial charge in [0.05, 0.1) is 26.4 Å². The average molecular weight is 1580 g/mol. The van der Waals surface area contributed by atoms with E-state index < -0.39 is 97.5 Å². The molecule has 0 saturated carbocycles. The summed E-state index contributed by atoms with van der Waals surface area (Å²) in [6.07, 6.45) is 95.3. The summed E-state index contributed by atoms with van der Waals surface area (Å²) in [5.41, 5.74) is 0. The predicted molar refractivity (Wildman–Crippen MR) is 454 cm³/mol. The second kappa shape index (κ2) is 81.9. The zero-order chi connectivity index (χ0) is 80.3. The summed E-state index contributed by atoms with van der Waals surface area (Å²) in [6.45, 7) is 4.63. The number of allylic oxidation sites excluding steroid dienone is 24. The van der Waals surface area contributed by atoms with Crippen molar-refractivity contribution in [1.82, 2.24) is 0 Å². The van der Waals surface area contributed by atoms with E-state index in [0.717, 1.165) is 173 Å². The molecule has 19 heteroatoms. The molecule has 0 fully saturated rings. The van der Waals surface area contributed by atoms with Crippen molar-refractivity contribution in [2.45, 2.75) is 367 Å². The number of hydrogen-bond donors (Lipinski definition) is 3. The van der Waals surface area contributed by atoms with E-state index in [-0.39, 0.29) is 25.7 Å². The van der Waals surface area contributed by atoms with Crippen LogP contribution < -0.4 is 0 Å². The van der Waals surface area contributed by atoms with Crippen molar-refractivity contribution in [1.29, 1.82) is 0 Å². The Morgan fingerprint density at radius 3 is 0.800 bits per heavy atom. The largest absolute Gasteiger partial charge is 0.472 e. The van der Waals surface area contributed by atoms with Gasteiger partial charge in [-0.25, -0.2) is 9.13 Å². The smallest absolute Gasteiger partial charge is 0.462 e. The van der Waals surface area contributed by atoms with E-state index >= 15 is 0 Å². The van der Waals surface area contributed by atoms with E-state index in [2.05, 4.69) is 155 Å². The second-order valence-electron chi connectivity index (χ2n) is 28.4. The molecule has 0 aromatic rings. The lowest BCUT2D eigenvalue weighted by molar-refractivity contribution is -0.161. The molecule has 0 heterocycles. The molecule has 0 aromatic heterocycles. The molecule has 0 amide bonds. The minimum atomic E-state index is -5.01. The van der Waals surface area contributed by atoms with Gasteiger partial charge < -0.3 is 33.8 Å². The van der Waals surface area contributed by atoms with Crippen LogP contribution in [0.2, 0.25) is 0 Å². The van der Waals surface area contributed by atoms with Gasteiger partial charge in [-0.3, -0.25) is 37.3 Å². The number of unbranched alkanes of at least 4 members (excludes halogenated alkanes) is 30. The number of rotatable bonds is 80. The molecule has 0 aliphatic rings. The molecule has 5 atom stereocenters. The van der Waals surface area contributed by atoms with Crippen molar-refractivity contribution in [3.8, 4) is 0 Å². The summed E-state index contributed by atoms with van der Waals surface area (Å²) in [5.74, 6) is -2.29. The van der Waals surface area contributed by atoms with Crippen molar-refractivity contribution in [3.05, 3.63) is 146 Å². The summed E-state index contributed by atoms with van der Waals surface area (Å²) < 4.78 is 68.7. The maximum atomic E-state index is 13.1. The average Bonchev–Trinajstić information content (AvgIpc) is 0.900. The second-order valence-corrected chi connectivity index (χ2v) is 31.3. The highest BCUT2D eigenvalue weighted by Gasteiger charge is 2.30. The van der Waals surface area contributed by atoms with Crippen LogP contribution in [-0.4, -0.2) is 96.7 Å². The monoisotopic (exact) mass is 1580 g/mol. The summed E-state index contributed by atoms with van der Waals surface area (Å²) in [7, 11) is -10.00. The zero-order valence-corrected chi connectivity index (χ0v) is 70.9. The van der Waals surface area contributed by atoms with Gasteiger partial charge in [0.15, 0.2) is 12.2 Å². The SMILES string of the molecule is CC/C=C\C/C=C\C/C=C\C/C=C\C/C=C\C/C=C\CCC(=O)OCC(COP(=O)(O)OCC(O)COP(=O)(O)OCC(COC(=O)CCCCCCCC/C=C\C/C=C\C/C=C\CCCCC)OC(=O)CCCCCCCCCCCCCCC)OC(=O)CCCCCCCC/C=C\C/C=C\C/C=C\CCCCC. The number of aliphatic hydroxyl groups is 1. The van der Waals surface area contributed by atoms with Gasteiger partial charge in [-0.1, -0.05) is 328 Å². The van der Waals surface area contributed by atoms with Crippen molar-refractivity contribution in [2.75, 3.05) is 39.6 Å². The number of esters is 4. The Hall–Kier alpha value is -5.06. The molecule has 3 N–H and O–H groups in total. The Bertz CT molecular complexity index is 2650. The van der Waals surface area contributed by atoms with Gasteiger partial charge in [0, 0.05) is 25.7 Å². The first-order valence-electron chi connectivity index (χ1n) is 43.1. The maximum Gasteiger partial charge on any atom is 0.472 e. The van der Waals surface area contributed by atoms with E-state index in [1.807, 2.05) is 18.2 Å². The topological polar surface area (TPSA) is 237 Å². The van der Waals surface area contributed by atoms with Crippen LogP contribution in [0.5, 0.6) is 0 Å². The maximum absolute atomic E-state index is 13.1. The Kier molecular flexibility index (Phi) is 78.2. The highest BCUT2D eigenvalue weighted by atomic mass is 31.2. The van der Waals surface area contributed by atoms with Crippen molar-refractivity contribution >= 4 is 39.5 Å². The van der Waals surface area contributed by atoms with E-state index in [1.165, 1.54) is 89.9 Å². The summed E-state index contributed by atoms with van der Waals surface area (Å²) >= 11 is 0. The molecule has 110 heavy (non-hydrogen) atoms. The van der Waals surface area contributed by atoms with Crippen LogP contribution in [-0.2, 0) is 65.4 Å². The molecule has 5 unspecified atom stereocenters. The fraction of sp³-hybridized carbons (Fsp3) is 0.692. The third kappa shape index (κ3) is 81.0. The minimum Gasteiger partial charge on any atom is -0.462 e. The lowest BCUT2D eigenvalue weighted by atomic mass is 10.0. The zero-order valence-electron chi connectivity index (χ0n) is 69.1. The summed E-state index contributed by atoms with van der Waals surface area (Å²) in [4.78, 5) is 73.2. The number of carbonyl (C=O) groups is 4. The lowest BCUT2D eigenvalue weighted by Gasteiger charge is -2.21. The van der Waals surface area contributed by atoms with E-state index in [0.29, 0.717) is 32.1 Å². The fourth-order valence-electron chi connectivity index (χ4n) is 11.3. The van der Waals surface area contributed by atoms with Crippen LogP contribution in [0.4, 0.5) is 0 Å². The first-order chi connectivity index (χ1) is 53.7. The number of carbonyl (C=O) groups excluding carboxylic acids is 4. The fourth-order valence-corrected chi connectivity index (χ4v) is 12.8. The molecule has 0 aliphatic heterocycles. The molecule has 0 rings (SSSR count). The number of hydrogen-bond acceptors (Lipinski definition) is 15. The molecule has 0 bridgehead atoms. The number of phosphoric ester groups is 2. The Morgan fingerprint density at radius 1 is 0.264 bits per heavy atom. The van der Waals surface area contributed by atoms with Gasteiger partial charge in [0.25, 0.3) is 0 Å². The Morgan fingerprint density at radius 2 is 0.491 bits per heavy atom. The molecule has 0 aliphatic carbocycles. The quantitative estimate of drug-likeness (QED) is 0.0169. The van der Waals surface area contributed by atoms with Gasteiger partial charge in [0.2, 0.25) is 0 Å². The van der Waals surface area contributed by atoms with Crippen LogP contribution in [0, 0.1) is 0 Å². The molecule has 0 aromatic carbocycles. The number of ether oxygens (including phenoxy) is 4. The normalized spacial score (nSPS) is 14.5. The molecule has 0 saturated heterocycles. The molecule has 0 radical (unpaired) electrons. The predicted octanol–water partition coefficient (Wildman–Crippen LogP) is 25.8. The highest BCUT2D eigenvalue weighted by Crippen LogP contribution is 2.45. The first kappa shape index (κ1) is 105. The highest BCUT2D eigenvalue weighted by molar-refractivity contribution is 7.47. The molecule has 17 nitrogen and oxygen atoms in total. The van der Waals surface area contributed by atoms with Crippen molar-refractivity contribution < 1.29 is 80.2 Å². The van der Waals surface area contributed by atoms with Gasteiger partial charge in [0.1, 0.15) is 19.3 Å². The van der Waals surface area contributed by atoms with Crippen LogP contribution in [0.15, 0.2) is 146 Å². The van der Waals surface area contributed by atoms with Crippen LogP contribution >= 0.6 is 15.6 Å². The number of phosphoric acid groups is 2. The summed E-state index contributed by atoms with van der Waals surface area (Å²) in [5, 5.41) is 10.7. The van der Waals surface area contributed by atoms with Gasteiger partial charge >= 0.3 is 39.5 Å². The molecular formula is C91H154O17P2. The third-order valence-corrected chi connectivity index (χ3v) is 19.7. The third-order valence-electron chi connectivity index (χ3n) is 17.8.